The van der Waals surface area contributed by atoms with Crippen LogP contribution >= 0.6 is 0 Å². The zero-order valence-corrected chi connectivity index (χ0v) is 10.8. The van der Waals surface area contributed by atoms with E-state index in [1.807, 2.05) is 6.92 Å². The van der Waals surface area contributed by atoms with E-state index in [2.05, 4.69) is 15.6 Å². The SMILES string of the molecule is CNc1cnccc1C(=O)NCC1(C)CCCO1. The highest BCUT2D eigenvalue weighted by atomic mass is 16.5. The first-order valence-corrected chi connectivity index (χ1v) is 6.18. The Morgan fingerprint density at radius 2 is 2.44 bits per heavy atom. The second-order valence-electron chi connectivity index (χ2n) is 4.76. The van der Waals surface area contributed by atoms with Gasteiger partial charge < -0.3 is 15.4 Å². The largest absolute Gasteiger partial charge is 0.386 e. The molecule has 0 spiro atoms. The van der Waals surface area contributed by atoms with Crippen molar-refractivity contribution in [2.24, 2.45) is 0 Å². The van der Waals surface area contributed by atoms with Gasteiger partial charge in [-0.15, -0.1) is 0 Å². The lowest BCUT2D eigenvalue weighted by Crippen LogP contribution is -2.40. The van der Waals surface area contributed by atoms with Gasteiger partial charge in [-0.2, -0.15) is 0 Å². The van der Waals surface area contributed by atoms with Crippen LogP contribution in [0, 0.1) is 0 Å². The van der Waals surface area contributed by atoms with Gasteiger partial charge in [0.2, 0.25) is 0 Å². The molecule has 1 atom stereocenters. The number of amides is 1. The lowest BCUT2D eigenvalue weighted by Gasteiger charge is -2.23. The lowest BCUT2D eigenvalue weighted by atomic mass is 10.0. The molecular weight excluding hydrogens is 230 g/mol. The molecule has 1 aliphatic rings. The number of carbonyl (C=O) groups excluding carboxylic acids is 1. The minimum absolute atomic E-state index is 0.0986. The van der Waals surface area contributed by atoms with E-state index in [9.17, 15) is 4.79 Å². The van der Waals surface area contributed by atoms with Gasteiger partial charge in [0, 0.05) is 26.4 Å². The molecule has 2 rings (SSSR count). The molecule has 0 radical (unpaired) electrons. The van der Waals surface area contributed by atoms with Crippen molar-refractivity contribution in [1.29, 1.82) is 0 Å². The van der Waals surface area contributed by atoms with Crippen LogP contribution in [0.1, 0.15) is 30.1 Å². The molecule has 1 unspecified atom stereocenters. The monoisotopic (exact) mass is 249 g/mol. The fraction of sp³-hybridized carbons (Fsp3) is 0.538. The molecule has 2 N–H and O–H groups in total. The predicted molar refractivity (Wildman–Crippen MR) is 69.7 cm³/mol. The van der Waals surface area contributed by atoms with Crippen molar-refractivity contribution < 1.29 is 9.53 Å². The average molecular weight is 249 g/mol. The summed E-state index contributed by atoms with van der Waals surface area (Å²) in [6, 6.07) is 1.71. The first-order valence-electron chi connectivity index (χ1n) is 6.18. The Labute approximate surface area is 107 Å². The molecule has 1 amide bonds. The second-order valence-corrected chi connectivity index (χ2v) is 4.76. The van der Waals surface area contributed by atoms with E-state index in [1.54, 1.807) is 25.5 Å². The van der Waals surface area contributed by atoms with Gasteiger partial charge >= 0.3 is 0 Å². The number of nitrogens with zero attached hydrogens (tertiary/aromatic N) is 1. The van der Waals surface area contributed by atoms with Crippen LogP contribution in [0.4, 0.5) is 5.69 Å². The van der Waals surface area contributed by atoms with Crippen molar-refractivity contribution in [3.63, 3.8) is 0 Å². The van der Waals surface area contributed by atoms with Crippen LogP contribution in [0.3, 0.4) is 0 Å². The van der Waals surface area contributed by atoms with Crippen molar-refractivity contribution in [2.75, 3.05) is 25.5 Å². The van der Waals surface area contributed by atoms with Crippen LogP contribution in [-0.2, 0) is 4.74 Å². The number of aromatic nitrogens is 1. The highest BCUT2D eigenvalue weighted by Gasteiger charge is 2.30. The molecule has 0 aromatic carbocycles. The van der Waals surface area contributed by atoms with E-state index < -0.39 is 0 Å². The Balaban J connectivity index is 1.99. The molecule has 98 valence electrons. The smallest absolute Gasteiger partial charge is 0.253 e. The standard InChI is InChI=1S/C13H19N3O2/c1-13(5-3-7-18-13)9-16-12(17)10-4-6-15-8-11(10)14-2/h4,6,8,14H,3,5,7,9H2,1-2H3,(H,16,17). The van der Waals surface area contributed by atoms with E-state index in [4.69, 9.17) is 4.74 Å². The van der Waals surface area contributed by atoms with Crippen molar-refractivity contribution in [2.45, 2.75) is 25.4 Å². The summed E-state index contributed by atoms with van der Waals surface area (Å²) in [5, 5.41) is 5.88. The Hall–Kier alpha value is -1.62. The van der Waals surface area contributed by atoms with Gasteiger partial charge in [0.1, 0.15) is 0 Å². The third kappa shape index (κ3) is 2.79. The van der Waals surface area contributed by atoms with Crippen LogP contribution in [-0.4, -0.2) is 36.7 Å². The Morgan fingerprint density at radius 3 is 3.11 bits per heavy atom. The Bertz CT molecular complexity index is 428. The number of hydrogen-bond donors (Lipinski definition) is 2. The van der Waals surface area contributed by atoms with Crippen LogP contribution in [0.2, 0.25) is 0 Å². The normalized spacial score (nSPS) is 22.8. The first kappa shape index (κ1) is 12.8. The van der Waals surface area contributed by atoms with Crippen LogP contribution in [0.25, 0.3) is 0 Å². The Kier molecular flexibility index (Phi) is 3.81. The zero-order valence-electron chi connectivity index (χ0n) is 10.8. The van der Waals surface area contributed by atoms with Crippen LogP contribution in [0.5, 0.6) is 0 Å². The van der Waals surface area contributed by atoms with Crippen molar-refractivity contribution in [3.05, 3.63) is 24.0 Å². The van der Waals surface area contributed by atoms with Gasteiger partial charge in [0.05, 0.1) is 23.0 Å². The van der Waals surface area contributed by atoms with Gasteiger partial charge in [-0.1, -0.05) is 0 Å². The molecule has 5 nitrogen and oxygen atoms in total. The number of carbonyl (C=O) groups is 1. The quantitative estimate of drug-likeness (QED) is 0.847. The molecule has 1 saturated heterocycles. The van der Waals surface area contributed by atoms with E-state index in [-0.39, 0.29) is 11.5 Å². The molecule has 1 aromatic rings. The third-order valence-corrected chi connectivity index (χ3v) is 3.26. The molecular formula is C13H19N3O2. The molecule has 0 saturated carbocycles. The topological polar surface area (TPSA) is 63.2 Å². The van der Waals surface area contributed by atoms with E-state index in [1.165, 1.54) is 0 Å². The molecule has 0 bridgehead atoms. The van der Waals surface area contributed by atoms with Crippen molar-refractivity contribution >= 4 is 11.6 Å². The average Bonchev–Trinajstić information content (AvgIpc) is 2.83. The van der Waals surface area contributed by atoms with Gasteiger partial charge in [0.25, 0.3) is 5.91 Å². The highest BCUT2D eigenvalue weighted by molar-refractivity contribution is 5.99. The van der Waals surface area contributed by atoms with Crippen LogP contribution < -0.4 is 10.6 Å². The summed E-state index contributed by atoms with van der Waals surface area (Å²) >= 11 is 0. The summed E-state index contributed by atoms with van der Waals surface area (Å²) in [4.78, 5) is 16.1. The molecule has 1 aliphatic heterocycles. The summed E-state index contributed by atoms with van der Waals surface area (Å²) in [5.74, 6) is -0.0986. The zero-order chi connectivity index (χ0) is 13.0. The maximum Gasteiger partial charge on any atom is 0.253 e. The molecule has 18 heavy (non-hydrogen) atoms. The number of ether oxygens (including phenoxy) is 1. The molecule has 2 heterocycles. The number of nitrogens with one attached hydrogen (secondary N) is 2. The summed E-state index contributed by atoms with van der Waals surface area (Å²) in [7, 11) is 1.77. The number of hydrogen-bond acceptors (Lipinski definition) is 4. The fourth-order valence-corrected chi connectivity index (χ4v) is 2.13. The number of anilines is 1. The summed E-state index contributed by atoms with van der Waals surface area (Å²) in [5.41, 5.74) is 1.12. The third-order valence-electron chi connectivity index (χ3n) is 3.26. The molecule has 1 aromatic heterocycles. The van der Waals surface area contributed by atoms with Crippen molar-refractivity contribution in [1.82, 2.24) is 10.3 Å². The summed E-state index contributed by atoms with van der Waals surface area (Å²) < 4.78 is 5.64. The molecule has 0 aliphatic carbocycles. The first-order chi connectivity index (χ1) is 8.64. The predicted octanol–water partition coefficient (Wildman–Crippen LogP) is 1.42. The van der Waals surface area contributed by atoms with Crippen LogP contribution in [0.15, 0.2) is 18.5 Å². The van der Waals surface area contributed by atoms with Gasteiger partial charge in [0.15, 0.2) is 0 Å². The number of pyridine rings is 1. The molecule has 1 fully saturated rings. The van der Waals surface area contributed by atoms with E-state index in [0.717, 1.165) is 25.1 Å². The van der Waals surface area contributed by atoms with Gasteiger partial charge in [-0.25, -0.2) is 0 Å². The van der Waals surface area contributed by atoms with E-state index >= 15 is 0 Å². The van der Waals surface area contributed by atoms with Gasteiger partial charge in [-0.3, -0.25) is 9.78 Å². The maximum atomic E-state index is 12.1. The minimum atomic E-state index is -0.220. The molecule has 5 heteroatoms. The fourth-order valence-electron chi connectivity index (χ4n) is 2.13. The number of rotatable bonds is 4. The van der Waals surface area contributed by atoms with Gasteiger partial charge in [-0.05, 0) is 25.8 Å². The summed E-state index contributed by atoms with van der Waals surface area (Å²) in [6.07, 6.45) is 5.30. The van der Waals surface area contributed by atoms with Crippen molar-refractivity contribution in [3.8, 4) is 0 Å². The second kappa shape index (κ2) is 5.35. The maximum absolute atomic E-state index is 12.1. The summed E-state index contributed by atoms with van der Waals surface area (Å²) in [6.45, 7) is 3.35. The lowest BCUT2D eigenvalue weighted by molar-refractivity contribution is 0.0206. The Morgan fingerprint density at radius 1 is 1.61 bits per heavy atom. The minimum Gasteiger partial charge on any atom is -0.386 e. The highest BCUT2D eigenvalue weighted by Crippen LogP contribution is 2.24. The van der Waals surface area contributed by atoms with E-state index in [0.29, 0.717) is 12.1 Å².